The molecule has 0 atom stereocenters. The molecule has 2 amide bonds. The van der Waals surface area contributed by atoms with Gasteiger partial charge in [0, 0.05) is 11.6 Å². The van der Waals surface area contributed by atoms with Crippen molar-refractivity contribution in [2.75, 3.05) is 20.8 Å². The minimum Gasteiger partial charge on any atom is -0.493 e. The van der Waals surface area contributed by atoms with Gasteiger partial charge in [-0.1, -0.05) is 0 Å². The molecule has 162 valence electrons. The Kier molecular flexibility index (Phi) is 6.65. The van der Waals surface area contributed by atoms with Crippen molar-refractivity contribution >= 4 is 11.8 Å². The highest BCUT2D eigenvalue weighted by molar-refractivity contribution is 5.99. The van der Waals surface area contributed by atoms with E-state index in [1.165, 1.54) is 31.2 Å². The van der Waals surface area contributed by atoms with Gasteiger partial charge in [0.05, 0.1) is 38.3 Å². The van der Waals surface area contributed by atoms with Crippen LogP contribution in [0.2, 0.25) is 0 Å². The molecule has 3 rings (SSSR count). The first-order chi connectivity index (χ1) is 15.0. The molecule has 2 aromatic heterocycles. The van der Waals surface area contributed by atoms with E-state index in [-0.39, 0.29) is 11.1 Å². The van der Waals surface area contributed by atoms with Crippen LogP contribution in [0.1, 0.15) is 33.3 Å². The van der Waals surface area contributed by atoms with Crippen LogP contribution in [0.25, 0.3) is 5.82 Å². The number of ether oxygens (including phenoxy) is 3. The van der Waals surface area contributed by atoms with E-state index in [0.717, 1.165) is 0 Å². The fraction of sp³-hybridized carbons (Fsp3) is 0.250. The van der Waals surface area contributed by atoms with E-state index in [1.807, 2.05) is 6.92 Å². The van der Waals surface area contributed by atoms with Gasteiger partial charge in [0.1, 0.15) is 0 Å². The smallest absolute Gasteiger partial charge is 0.273 e. The summed E-state index contributed by atoms with van der Waals surface area (Å²) in [6.45, 7) is 4.03. The van der Waals surface area contributed by atoms with E-state index < -0.39 is 11.8 Å². The van der Waals surface area contributed by atoms with Crippen LogP contribution in [0.3, 0.4) is 0 Å². The zero-order valence-electron chi connectivity index (χ0n) is 17.5. The highest BCUT2D eigenvalue weighted by atomic mass is 16.5. The Morgan fingerprint density at radius 2 is 1.74 bits per heavy atom. The van der Waals surface area contributed by atoms with Crippen molar-refractivity contribution in [3.8, 4) is 23.2 Å². The SMILES string of the molecule is CCOc1ccc(-n2ncc(C(=O)NNC(=O)c3ccc(OC)c(OC)c3)c2C)nn1. The van der Waals surface area contributed by atoms with Gasteiger partial charge < -0.3 is 14.2 Å². The number of hydrogen-bond donors (Lipinski definition) is 2. The van der Waals surface area contributed by atoms with Gasteiger partial charge in [0.15, 0.2) is 17.3 Å². The lowest BCUT2D eigenvalue weighted by Crippen LogP contribution is -2.41. The fourth-order valence-electron chi connectivity index (χ4n) is 2.74. The van der Waals surface area contributed by atoms with Crippen LogP contribution in [-0.2, 0) is 0 Å². The topological polar surface area (TPSA) is 129 Å². The van der Waals surface area contributed by atoms with Crippen molar-refractivity contribution in [2.24, 2.45) is 0 Å². The second-order valence-corrected chi connectivity index (χ2v) is 6.20. The number of nitrogens with one attached hydrogen (secondary N) is 2. The summed E-state index contributed by atoms with van der Waals surface area (Å²) in [6, 6.07) is 8.00. The molecule has 0 aliphatic carbocycles. The lowest BCUT2D eigenvalue weighted by Gasteiger charge is -2.10. The number of methoxy groups -OCH3 is 2. The number of carbonyl (C=O) groups excluding carboxylic acids is 2. The first-order valence-electron chi connectivity index (χ1n) is 9.32. The molecule has 0 aliphatic heterocycles. The molecule has 2 heterocycles. The first kappa shape index (κ1) is 21.6. The third kappa shape index (κ3) is 4.71. The molecule has 11 heteroatoms. The van der Waals surface area contributed by atoms with Gasteiger partial charge in [-0.3, -0.25) is 20.4 Å². The zero-order chi connectivity index (χ0) is 22.4. The predicted octanol–water partition coefficient (Wildman–Crippen LogP) is 1.46. The number of aromatic nitrogens is 4. The highest BCUT2D eigenvalue weighted by Gasteiger charge is 2.17. The van der Waals surface area contributed by atoms with Crippen molar-refractivity contribution in [3.63, 3.8) is 0 Å². The Hall–Kier alpha value is -4.15. The van der Waals surface area contributed by atoms with Gasteiger partial charge in [0.2, 0.25) is 5.88 Å². The predicted molar refractivity (Wildman–Crippen MR) is 110 cm³/mol. The second kappa shape index (κ2) is 9.57. The third-order valence-electron chi connectivity index (χ3n) is 4.32. The first-order valence-corrected chi connectivity index (χ1v) is 9.32. The van der Waals surface area contributed by atoms with Crippen LogP contribution in [0.15, 0.2) is 36.5 Å². The van der Waals surface area contributed by atoms with Crippen LogP contribution in [0, 0.1) is 6.92 Å². The van der Waals surface area contributed by atoms with Crippen LogP contribution < -0.4 is 25.1 Å². The van der Waals surface area contributed by atoms with Gasteiger partial charge >= 0.3 is 0 Å². The maximum absolute atomic E-state index is 12.5. The fourth-order valence-corrected chi connectivity index (χ4v) is 2.74. The summed E-state index contributed by atoms with van der Waals surface area (Å²) in [6.07, 6.45) is 1.38. The summed E-state index contributed by atoms with van der Waals surface area (Å²) in [5.41, 5.74) is 5.82. The summed E-state index contributed by atoms with van der Waals surface area (Å²) < 4.78 is 17.1. The van der Waals surface area contributed by atoms with Crippen LogP contribution >= 0.6 is 0 Å². The number of benzene rings is 1. The van der Waals surface area contributed by atoms with E-state index in [9.17, 15) is 9.59 Å². The number of hydrogen-bond acceptors (Lipinski definition) is 8. The molecule has 3 aromatic rings. The maximum Gasteiger partial charge on any atom is 0.273 e. The number of rotatable bonds is 7. The summed E-state index contributed by atoms with van der Waals surface area (Å²) in [5.74, 6) is 0.660. The highest BCUT2D eigenvalue weighted by Crippen LogP contribution is 2.27. The van der Waals surface area contributed by atoms with E-state index in [4.69, 9.17) is 14.2 Å². The lowest BCUT2D eigenvalue weighted by molar-refractivity contribution is 0.0846. The molecule has 0 unspecified atom stereocenters. The summed E-state index contributed by atoms with van der Waals surface area (Å²) in [7, 11) is 2.97. The molecule has 0 aliphatic rings. The number of amides is 2. The van der Waals surface area contributed by atoms with Gasteiger partial charge in [-0.05, 0) is 38.1 Å². The maximum atomic E-state index is 12.5. The van der Waals surface area contributed by atoms with E-state index >= 15 is 0 Å². The number of carbonyl (C=O) groups is 2. The molecule has 31 heavy (non-hydrogen) atoms. The van der Waals surface area contributed by atoms with E-state index in [0.29, 0.717) is 35.5 Å². The summed E-state index contributed by atoms with van der Waals surface area (Å²) in [4.78, 5) is 24.9. The van der Waals surface area contributed by atoms with E-state index in [1.54, 1.807) is 31.2 Å². The molecule has 0 fully saturated rings. The molecule has 0 bridgehead atoms. The molecule has 0 saturated carbocycles. The molecule has 0 saturated heterocycles. The average Bonchev–Trinajstić information content (AvgIpc) is 3.18. The summed E-state index contributed by atoms with van der Waals surface area (Å²) >= 11 is 0. The minimum absolute atomic E-state index is 0.267. The van der Waals surface area contributed by atoms with Gasteiger partial charge in [-0.2, -0.15) is 5.10 Å². The number of hydrazine groups is 1. The molecule has 2 N–H and O–H groups in total. The lowest BCUT2D eigenvalue weighted by atomic mass is 10.2. The van der Waals surface area contributed by atoms with Crippen molar-refractivity contribution in [3.05, 3.63) is 53.3 Å². The molecule has 1 aromatic carbocycles. The van der Waals surface area contributed by atoms with Crippen molar-refractivity contribution in [2.45, 2.75) is 13.8 Å². The molecular weight excluding hydrogens is 404 g/mol. The Balaban J connectivity index is 1.68. The molecule has 0 radical (unpaired) electrons. The van der Waals surface area contributed by atoms with Gasteiger partial charge in [-0.15, -0.1) is 10.2 Å². The number of nitrogens with zero attached hydrogens (tertiary/aromatic N) is 4. The van der Waals surface area contributed by atoms with E-state index in [2.05, 4.69) is 26.1 Å². The Labute approximate surface area is 178 Å². The quantitative estimate of drug-likeness (QED) is 0.543. The monoisotopic (exact) mass is 426 g/mol. The Morgan fingerprint density at radius 3 is 2.39 bits per heavy atom. The minimum atomic E-state index is -0.531. The van der Waals surface area contributed by atoms with Gasteiger partial charge in [0.25, 0.3) is 11.8 Å². The molecule has 0 spiro atoms. The summed E-state index contributed by atoms with van der Waals surface area (Å²) in [5, 5.41) is 12.2. The Bertz CT molecular complexity index is 1080. The van der Waals surface area contributed by atoms with Crippen molar-refractivity contribution in [1.29, 1.82) is 0 Å². The molecular formula is C20H22N6O5. The molecule has 11 nitrogen and oxygen atoms in total. The average molecular weight is 426 g/mol. The zero-order valence-corrected chi connectivity index (χ0v) is 17.5. The van der Waals surface area contributed by atoms with Crippen LogP contribution in [0.4, 0.5) is 0 Å². The standard InChI is InChI=1S/C20H22N6O5/c1-5-31-18-9-8-17(22-23-18)26-12(2)14(11-21-26)20(28)25-24-19(27)13-6-7-15(29-3)16(10-13)30-4/h6-11H,5H2,1-4H3,(H,24,27)(H,25,28). The van der Waals surface area contributed by atoms with Crippen LogP contribution in [0.5, 0.6) is 17.4 Å². The van der Waals surface area contributed by atoms with Crippen molar-refractivity contribution in [1.82, 2.24) is 30.8 Å². The third-order valence-corrected chi connectivity index (χ3v) is 4.32. The normalized spacial score (nSPS) is 10.3. The van der Waals surface area contributed by atoms with Crippen molar-refractivity contribution < 1.29 is 23.8 Å². The second-order valence-electron chi connectivity index (χ2n) is 6.20. The Morgan fingerprint density at radius 1 is 1.00 bits per heavy atom. The van der Waals surface area contributed by atoms with Gasteiger partial charge in [-0.25, -0.2) is 4.68 Å². The van der Waals surface area contributed by atoms with Crippen LogP contribution in [-0.4, -0.2) is 52.6 Å². The largest absolute Gasteiger partial charge is 0.493 e.